The van der Waals surface area contributed by atoms with Crippen molar-refractivity contribution < 1.29 is 4.74 Å². The summed E-state index contributed by atoms with van der Waals surface area (Å²) in [5.41, 5.74) is 1.19. The van der Waals surface area contributed by atoms with Crippen LogP contribution in [0.15, 0.2) is 27.3 Å². The van der Waals surface area contributed by atoms with Crippen molar-refractivity contribution in [2.75, 3.05) is 6.61 Å². The first-order valence-electron chi connectivity index (χ1n) is 6.77. The number of hydrogen-bond donors (Lipinski definition) is 1. The Morgan fingerprint density at radius 1 is 1.33 bits per heavy atom. The maximum absolute atomic E-state index is 5.60. The van der Waals surface area contributed by atoms with Gasteiger partial charge in [0.05, 0.1) is 21.6 Å². The number of benzene rings is 1. The lowest BCUT2D eigenvalue weighted by molar-refractivity contribution is 0.336. The summed E-state index contributed by atoms with van der Waals surface area (Å²) in [4.78, 5) is 5.66. The lowest BCUT2D eigenvalue weighted by atomic mass is 10.2. The maximum Gasteiger partial charge on any atom is 0.147 e. The Kier molecular flexibility index (Phi) is 6.22. The van der Waals surface area contributed by atoms with E-state index >= 15 is 0 Å². The Balaban J connectivity index is 2.03. The predicted octanol–water partition coefficient (Wildman–Crippen LogP) is 5.23. The van der Waals surface area contributed by atoms with E-state index in [4.69, 9.17) is 4.74 Å². The van der Waals surface area contributed by atoms with E-state index in [-0.39, 0.29) is 6.04 Å². The van der Waals surface area contributed by atoms with Gasteiger partial charge in [-0.3, -0.25) is 0 Å². The predicted molar refractivity (Wildman–Crippen MR) is 95.1 cm³/mol. The Hall–Kier alpha value is -0.430. The van der Waals surface area contributed by atoms with Crippen LogP contribution < -0.4 is 10.1 Å². The minimum atomic E-state index is 0.243. The minimum Gasteiger partial charge on any atom is -0.492 e. The van der Waals surface area contributed by atoms with Crippen molar-refractivity contribution >= 4 is 43.2 Å². The lowest BCUT2D eigenvalue weighted by Crippen LogP contribution is -2.18. The molecule has 0 bridgehead atoms. The summed E-state index contributed by atoms with van der Waals surface area (Å²) in [6.07, 6.45) is 1.92. The molecule has 0 fully saturated rings. The van der Waals surface area contributed by atoms with Gasteiger partial charge < -0.3 is 10.1 Å². The molecule has 1 atom stereocenters. The third-order valence-electron chi connectivity index (χ3n) is 2.97. The molecule has 0 aliphatic carbocycles. The van der Waals surface area contributed by atoms with Gasteiger partial charge in [0.25, 0.3) is 0 Å². The summed E-state index contributed by atoms with van der Waals surface area (Å²) in [7, 11) is 0. The van der Waals surface area contributed by atoms with E-state index in [1.165, 1.54) is 10.4 Å². The zero-order valence-electron chi connectivity index (χ0n) is 12.2. The number of thiazole rings is 1. The number of hydrogen-bond acceptors (Lipinski definition) is 4. The average molecular weight is 434 g/mol. The van der Waals surface area contributed by atoms with Crippen LogP contribution in [0.5, 0.6) is 5.75 Å². The Bertz CT molecular complexity index is 592. The highest BCUT2D eigenvalue weighted by Gasteiger charge is 2.11. The molecule has 21 heavy (non-hydrogen) atoms. The molecule has 2 aromatic rings. The first-order valence-corrected chi connectivity index (χ1v) is 9.18. The summed E-state index contributed by atoms with van der Waals surface area (Å²) < 4.78 is 7.53. The molecule has 1 unspecified atom stereocenters. The zero-order valence-corrected chi connectivity index (χ0v) is 16.2. The smallest absolute Gasteiger partial charge is 0.147 e. The lowest BCUT2D eigenvalue weighted by Gasteiger charge is -2.14. The summed E-state index contributed by atoms with van der Waals surface area (Å²) in [5, 5.41) is 4.62. The number of nitrogens with zero attached hydrogens (tertiary/aromatic N) is 1. The summed E-state index contributed by atoms with van der Waals surface area (Å²) in [6.45, 7) is 7.62. The van der Waals surface area contributed by atoms with Crippen molar-refractivity contribution in [2.45, 2.75) is 33.4 Å². The highest BCUT2D eigenvalue weighted by Crippen LogP contribution is 2.35. The molecule has 1 N–H and O–H groups in total. The van der Waals surface area contributed by atoms with Gasteiger partial charge in [0.1, 0.15) is 10.8 Å². The highest BCUT2D eigenvalue weighted by atomic mass is 79.9. The standard InChI is InChI=1S/C15H18Br2N2OS/c1-4-20-14-12(16)5-11(6-13(14)17)8-18-10(3)15-19-7-9(2)21-15/h5-7,10,18H,4,8H2,1-3H3. The number of ether oxygens (including phenoxy) is 1. The van der Waals surface area contributed by atoms with Crippen LogP contribution in [0.2, 0.25) is 0 Å². The number of aryl methyl sites for hydroxylation is 1. The Labute approximate surface area is 146 Å². The monoisotopic (exact) mass is 432 g/mol. The van der Waals surface area contributed by atoms with E-state index in [0.717, 1.165) is 26.2 Å². The minimum absolute atomic E-state index is 0.243. The van der Waals surface area contributed by atoms with E-state index in [9.17, 15) is 0 Å². The van der Waals surface area contributed by atoms with Crippen molar-refractivity contribution in [1.29, 1.82) is 0 Å². The van der Waals surface area contributed by atoms with E-state index in [0.29, 0.717) is 6.61 Å². The van der Waals surface area contributed by atoms with Crippen LogP contribution in [0, 0.1) is 6.92 Å². The molecule has 114 valence electrons. The average Bonchev–Trinajstić information content (AvgIpc) is 2.87. The quantitative estimate of drug-likeness (QED) is 0.677. The van der Waals surface area contributed by atoms with E-state index in [2.05, 4.69) is 68.1 Å². The molecule has 0 saturated heterocycles. The molecule has 1 aromatic heterocycles. The molecule has 1 heterocycles. The maximum atomic E-state index is 5.60. The molecule has 0 radical (unpaired) electrons. The third kappa shape index (κ3) is 4.52. The second-order valence-corrected chi connectivity index (χ2v) is 7.71. The van der Waals surface area contributed by atoms with Crippen molar-refractivity contribution in [2.24, 2.45) is 0 Å². The molecular formula is C15H18Br2N2OS. The van der Waals surface area contributed by atoms with Gasteiger partial charge in [-0.1, -0.05) is 0 Å². The van der Waals surface area contributed by atoms with E-state index < -0.39 is 0 Å². The number of aromatic nitrogens is 1. The van der Waals surface area contributed by atoms with Crippen molar-refractivity contribution in [3.05, 3.63) is 42.7 Å². The fourth-order valence-corrected chi connectivity index (χ4v) is 4.24. The van der Waals surface area contributed by atoms with Crippen LogP contribution in [0.1, 0.15) is 35.3 Å². The van der Waals surface area contributed by atoms with Crippen LogP contribution in [0.25, 0.3) is 0 Å². The first kappa shape index (κ1) is 16.9. The second-order valence-electron chi connectivity index (χ2n) is 4.73. The van der Waals surface area contributed by atoms with E-state index in [1.807, 2.05) is 13.1 Å². The van der Waals surface area contributed by atoms with Crippen LogP contribution >= 0.6 is 43.2 Å². The summed E-state index contributed by atoms with van der Waals surface area (Å²) >= 11 is 8.86. The van der Waals surface area contributed by atoms with Gasteiger partial charge >= 0.3 is 0 Å². The van der Waals surface area contributed by atoms with Gasteiger partial charge in [-0.05, 0) is 70.3 Å². The topological polar surface area (TPSA) is 34.1 Å². The molecule has 6 heteroatoms. The number of nitrogens with one attached hydrogen (secondary N) is 1. The number of halogens is 2. The molecular weight excluding hydrogens is 416 g/mol. The van der Waals surface area contributed by atoms with Gasteiger partial charge in [-0.15, -0.1) is 11.3 Å². The molecule has 0 aliphatic rings. The molecule has 3 nitrogen and oxygen atoms in total. The molecule has 2 rings (SSSR count). The largest absolute Gasteiger partial charge is 0.492 e. The Morgan fingerprint density at radius 2 is 2.00 bits per heavy atom. The third-order valence-corrected chi connectivity index (χ3v) is 5.24. The zero-order chi connectivity index (χ0) is 15.4. The van der Waals surface area contributed by atoms with Gasteiger partial charge in [-0.2, -0.15) is 0 Å². The molecule has 0 saturated carbocycles. The van der Waals surface area contributed by atoms with Crippen molar-refractivity contribution in [3.8, 4) is 5.75 Å². The Morgan fingerprint density at radius 3 is 2.52 bits per heavy atom. The van der Waals surface area contributed by atoms with Gasteiger partial charge in [0.2, 0.25) is 0 Å². The van der Waals surface area contributed by atoms with E-state index in [1.54, 1.807) is 11.3 Å². The van der Waals surface area contributed by atoms with Crippen LogP contribution in [-0.4, -0.2) is 11.6 Å². The van der Waals surface area contributed by atoms with Gasteiger partial charge in [-0.25, -0.2) is 4.98 Å². The van der Waals surface area contributed by atoms with Crippen molar-refractivity contribution in [3.63, 3.8) is 0 Å². The highest BCUT2D eigenvalue weighted by molar-refractivity contribution is 9.11. The summed E-state index contributed by atoms with van der Waals surface area (Å²) in [5.74, 6) is 0.852. The fraction of sp³-hybridized carbons (Fsp3) is 0.400. The van der Waals surface area contributed by atoms with Crippen molar-refractivity contribution in [1.82, 2.24) is 10.3 Å². The molecule has 0 amide bonds. The molecule has 1 aromatic carbocycles. The van der Waals surface area contributed by atoms with Gasteiger partial charge in [0, 0.05) is 17.6 Å². The SMILES string of the molecule is CCOc1c(Br)cc(CNC(C)c2ncc(C)s2)cc1Br. The van der Waals surface area contributed by atoms with Crippen LogP contribution in [0.3, 0.4) is 0 Å². The first-order chi connectivity index (χ1) is 10.0. The fourth-order valence-electron chi connectivity index (χ4n) is 1.93. The van der Waals surface area contributed by atoms with Gasteiger partial charge in [0.15, 0.2) is 0 Å². The number of rotatable bonds is 6. The summed E-state index contributed by atoms with van der Waals surface area (Å²) in [6, 6.07) is 4.42. The molecule has 0 aliphatic heterocycles. The van der Waals surface area contributed by atoms with Crippen LogP contribution in [-0.2, 0) is 6.54 Å². The molecule has 0 spiro atoms. The second kappa shape index (κ2) is 7.72. The van der Waals surface area contributed by atoms with Crippen LogP contribution in [0.4, 0.5) is 0 Å². The normalized spacial score (nSPS) is 12.4.